The molecule has 0 saturated carbocycles. The first-order valence-corrected chi connectivity index (χ1v) is 10.6. The van der Waals surface area contributed by atoms with E-state index in [0.717, 1.165) is 6.54 Å². The standard InChI is InChI=1S/C21H45N3/c1-20(2)17-19(18-21(3,4)24-20)23-16-14-12-10-8-6-5-7-9-11-13-15-22/h19,23-24H,5-18,22H2,1-4H3. The molecular weight excluding hydrogens is 294 g/mol. The van der Waals surface area contributed by atoms with E-state index >= 15 is 0 Å². The summed E-state index contributed by atoms with van der Waals surface area (Å²) < 4.78 is 0. The Morgan fingerprint density at radius 2 is 1.17 bits per heavy atom. The van der Waals surface area contributed by atoms with Crippen molar-refractivity contribution in [3.05, 3.63) is 0 Å². The molecule has 0 atom stereocenters. The van der Waals surface area contributed by atoms with Gasteiger partial charge in [-0.2, -0.15) is 0 Å². The van der Waals surface area contributed by atoms with Crippen molar-refractivity contribution in [2.24, 2.45) is 5.73 Å². The van der Waals surface area contributed by atoms with Crippen LogP contribution >= 0.6 is 0 Å². The molecule has 144 valence electrons. The molecule has 0 unspecified atom stereocenters. The minimum Gasteiger partial charge on any atom is -0.330 e. The summed E-state index contributed by atoms with van der Waals surface area (Å²) in [6.07, 6.45) is 16.2. The van der Waals surface area contributed by atoms with E-state index in [2.05, 4.69) is 38.3 Å². The van der Waals surface area contributed by atoms with Crippen LogP contribution in [0.2, 0.25) is 0 Å². The molecule has 3 heteroatoms. The maximum atomic E-state index is 5.51. The molecule has 1 aliphatic heterocycles. The summed E-state index contributed by atoms with van der Waals surface area (Å²) in [7, 11) is 0. The van der Waals surface area contributed by atoms with Crippen LogP contribution < -0.4 is 16.4 Å². The molecule has 1 rings (SSSR count). The first kappa shape index (κ1) is 21.9. The fraction of sp³-hybridized carbons (Fsp3) is 1.00. The minimum absolute atomic E-state index is 0.254. The van der Waals surface area contributed by atoms with E-state index in [0.29, 0.717) is 6.04 Å². The van der Waals surface area contributed by atoms with Gasteiger partial charge in [-0.1, -0.05) is 51.4 Å². The van der Waals surface area contributed by atoms with Crippen LogP contribution in [-0.4, -0.2) is 30.2 Å². The lowest BCUT2D eigenvalue weighted by atomic mass is 9.79. The summed E-state index contributed by atoms with van der Waals surface area (Å²) in [5.74, 6) is 0. The number of nitrogens with one attached hydrogen (secondary N) is 2. The molecule has 4 N–H and O–H groups in total. The van der Waals surface area contributed by atoms with Crippen molar-refractivity contribution >= 4 is 0 Å². The Labute approximate surface area is 151 Å². The van der Waals surface area contributed by atoms with Gasteiger partial charge >= 0.3 is 0 Å². The zero-order valence-electron chi connectivity index (χ0n) is 17.1. The Hall–Kier alpha value is -0.120. The average molecular weight is 340 g/mol. The third kappa shape index (κ3) is 10.7. The summed E-state index contributed by atoms with van der Waals surface area (Å²) in [6, 6.07) is 0.671. The van der Waals surface area contributed by atoms with Gasteiger partial charge in [0.2, 0.25) is 0 Å². The molecule has 1 fully saturated rings. The van der Waals surface area contributed by atoms with Gasteiger partial charge in [-0.05, 0) is 66.5 Å². The molecule has 0 aromatic heterocycles. The highest BCUT2D eigenvalue weighted by molar-refractivity contribution is 4.99. The molecular formula is C21H45N3. The molecule has 1 aliphatic rings. The van der Waals surface area contributed by atoms with E-state index in [1.54, 1.807) is 0 Å². The highest BCUT2D eigenvalue weighted by Gasteiger charge is 2.37. The molecule has 0 aromatic carbocycles. The van der Waals surface area contributed by atoms with Crippen LogP contribution in [0.25, 0.3) is 0 Å². The van der Waals surface area contributed by atoms with Crippen LogP contribution in [-0.2, 0) is 0 Å². The summed E-state index contributed by atoms with van der Waals surface area (Å²) in [4.78, 5) is 0. The van der Waals surface area contributed by atoms with Gasteiger partial charge in [0.15, 0.2) is 0 Å². The van der Waals surface area contributed by atoms with Crippen LogP contribution in [0.5, 0.6) is 0 Å². The van der Waals surface area contributed by atoms with E-state index in [1.807, 2.05) is 0 Å². The molecule has 0 amide bonds. The first-order chi connectivity index (χ1) is 11.3. The van der Waals surface area contributed by atoms with E-state index < -0.39 is 0 Å². The van der Waals surface area contributed by atoms with Gasteiger partial charge in [0.05, 0.1) is 0 Å². The second-order valence-electron chi connectivity index (χ2n) is 9.28. The Morgan fingerprint density at radius 3 is 1.62 bits per heavy atom. The van der Waals surface area contributed by atoms with Gasteiger partial charge in [-0.3, -0.25) is 0 Å². The lowest BCUT2D eigenvalue weighted by molar-refractivity contribution is 0.146. The third-order valence-corrected chi connectivity index (χ3v) is 5.25. The second kappa shape index (κ2) is 11.5. The summed E-state index contributed by atoms with van der Waals surface area (Å²) in [5.41, 5.74) is 6.02. The summed E-state index contributed by atoms with van der Waals surface area (Å²) in [5, 5.41) is 7.58. The van der Waals surface area contributed by atoms with Gasteiger partial charge in [0.25, 0.3) is 0 Å². The Bertz CT molecular complexity index is 296. The summed E-state index contributed by atoms with van der Waals surface area (Å²) in [6.45, 7) is 11.4. The Morgan fingerprint density at radius 1 is 0.750 bits per heavy atom. The monoisotopic (exact) mass is 339 g/mol. The molecule has 0 spiro atoms. The smallest absolute Gasteiger partial charge is 0.0144 e. The third-order valence-electron chi connectivity index (χ3n) is 5.25. The molecule has 24 heavy (non-hydrogen) atoms. The number of hydrogen-bond donors (Lipinski definition) is 3. The van der Waals surface area contributed by atoms with E-state index in [4.69, 9.17) is 5.73 Å². The highest BCUT2D eigenvalue weighted by atomic mass is 15.1. The van der Waals surface area contributed by atoms with E-state index in [9.17, 15) is 0 Å². The maximum absolute atomic E-state index is 5.51. The Kier molecular flexibility index (Phi) is 10.5. The summed E-state index contributed by atoms with van der Waals surface area (Å²) >= 11 is 0. The van der Waals surface area contributed by atoms with Gasteiger partial charge in [-0.25, -0.2) is 0 Å². The topological polar surface area (TPSA) is 50.1 Å². The predicted octanol–water partition coefficient (Wildman–Crippen LogP) is 4.74. The molecule has 3 nitrogen and oxygen atoms in total. The largest absolute Gasteiger partial charge is 0.330 e. The molecule has 1 saturated heterocycles. The Balaban J connectivity index is 1.93. The van der Waals surface area contributed by atoms with Crippen molar-refractivity contribution in [1.82, 2.24) is 10.6 Å². The maximum Gasteiger partial charge on any atom is 0.0144 e. The number of nitrogens with two attached hydrogens (primary N) is 1. The van der Waals surface area contributed by atoms with Gasteiger partial charge < -0.3 is 16.4 Å². The molecule has 0 bridgehead atoms. The van der Waals surface area contributed by atoms with Crippen molar-refractivity contribution in [1.29, 1.82) is 0 Å². The lowest BCUT2D eigenvalue weighted by Gasteiger charge is -2.46. The van der Waals surface area contributed by atoms with Crippen LogP contribution in [0.15, 0.2) is 0 Å². The number of piperidine rings is 1. The van der Waals surface area contributed by atoms with Crippen LogP contribution in [0.1, 0.15) is 105 Å². The van der Waals surface area contributed by atoms with Gasteiger partial charge in [0, 0.05) is 17.1 Å². The zero-order chi connectivity index (χ0) is 17.9. The fourth-order valence-electron chi connectivity index (χ4n) is 4.46. The number of unbranched alkanes of at least 4 members (excludes halogenated alkanes) is 9. The zero-order valence-corrected chi connectivity index (χ0v) is 17.1. The van der Waals surface area contributed by atoms with Crippen LogP contribution in [0.3, 0.4) is 0 Å². The van der Waals surface area contributed by atoms with Gasteiger partial charge in [-0.15, -0.1) is 0 Å². The normalized spacial score (nSPS) is 20.4. The lowest BCUT2D eigenvalue weighted by Crippen LogP contribution is -2.61. The number of hydrogen-bond acceptors (Lipinski definition) is 3. The van der Waals surface area contributed by atoms with Crippen molar-refractivity contribution in [3.8, 4) is 0 Å². The van der Waals surface area contributed by atoms with Crippen molar-refractivity contribution in [2.45, 2.75) is 122 Å². The van der Waals surface area contributed by atoms with E-state index in [1.165, 1.54) is 83.6 Å². The van der Waals surface area contributed by atoms with Crippen LogP contribution in [0.4, 0.5) is 0 Å². The minimum atomic E-state index is 0.254. The van der Waals surface area contributed by atoms with Crippen LogP contribution in [0, 0.1) is 0 Å². The molecule has 0 aromatic rings. The second-order valence-corrected chi connectivity index (χ2v) is 9.28. The van der Waals surface area contributed by atoms with Crippen molar-refractivity contribution in [3.63, 3.8) is 0 Å². The quantitative estimate of drug-likeness (QED) is 0.425. The predicted molar refractivity (Wildman–Crippen MR) is 108 cm³/mol. The average Bonchev–Trinajstić information content (AvgIpc) is 2.45. The van der Waals surface area contributed by atoms with E-state index in [-0.39, 0.29) is 11.1 Å². The molecule has 0 radical (unpaired) electrons. The first-order valence-electron chi connectivity index (χ1n) is 10.6. The van der Waals surface area contributed by atoms with Gasteiger partial charge in [0.1, 0.15) is 0 Å². The molecule has 1 heterocycles. The molecule has 0 aliphatic carbocycles. The van der Waals surface area contributed by atoms with Crippen molar-refractivity contribution in [2.75, 3.05) is 13.1 Å². The highest BCUT2D eigenvalue weighted by Crippen LogP contribution is 2.28. The fourth-order valence-corrected chi connectivity index (χ4v) is 4.46. The van der Waals surface area contributed by atoms with Crippen molar-refractivity contribution < 1.29 is 0 Å². The SMILES string of the molecule is CC1(C)CC(NCCCCCCCCCCCCN)CC(C)(C)N1. The number of rotatable bonds is 13.